The zero-order chi connectivity index (χ0) is 30.6. The molecule has 0 aliphatic carbocycles. The van der Waals surface area contributed by atoms with Crippen LogP contribution in [0.4, 0.5) is 4.79 Å². The van der Waals surface area contributed by atoms with Crippen molar-refractivity contribution in [1.29, 1.82) is 0 Å². The van der Waals surface area contributed by atoms with Crippen molar-refractivity contribution in [3.63, 3.8) is 0 Å². The number of aliphatic carboxylic acids is 1. The topological polar surface area (TPSA) is 160 Å². The zero-order valence-electron chi connectivity index (χ0n) is 23.7. The molecule has 1 aromatic heterocycles. The Hall–Kier alpha value is -5.04. The van der Waals surface area contributed by atoms with Gasteiger partial charge >= 0.3 is 12.1 Å². The summed E-state index contributed by atoms with van der Waals surface area (Å²) in [6, 6.07) is 18.8. The standard InChI is InChI=1S/C30H33N5O8/c1-2-41-30(40)43-35-17-15-34(16-18-35)29(39)23(13-14-26(36)37)32-28(38)24-19-25(42-20-21-9-5-3-6-10-21)33-27(31-24)22-11-7-4-8-12-22/h3-12,19,23H,2,13-18,20H2,1H3,(H,32,38)(H,36,37)/t23-/m0/s1. The summed E-state index contributed by atoms with van der Waals surface area (Å²) in [6.07, 6.45) is -1.30. The molecule has 0 spiro atoms. The van der Waals surface area contributed by atoms with Crippen LogP contribution < -0.4 is 10.1 Å². The fourth-order valence-corrected chi connectivity index (χ4v) is 4.29. The second kappa shape index (κ2) is 15.3. The maximum absolute atomic E-state index is 13.5. The lowest BCUT2D eigenvalue weighted by molar-refractivity contribution is -0.157. The average molecular weight is 592 g/mol. The summed E-state index contributed by atoms with van der Waals surface area (Å²) < 4.78 is 10.7. The minimum atomic E-state index is -1.13. The van der Waals surface area contributed by atoms with Gasteiger partial charge in [0.25, 0.3) is 5.91 Å². The third kappa shape index (κ3) is 9.23. The molecule has 4 rings (SSSR count). The summed E-state index contributed by atoms with van der Waals surface area (Å²) >= 11 is 0. The second-order valence-corrected chi connectivity index (χ2v) is 9.54. The van der Waals surface area contributed by atoms with Crippen molar-refractivity contribution in [2.75, 3.05) is 32.8 Å². The molecule has 1 fully saturated rings. The molecule has 1 aliphatic rings. The molecule has 1 aliphatic heterocycles. The van der Waals surface area contributed by atoms with Gasteiger partial charge in [0, 0.05) is 31.1 Å². The van der Waals surface area contributed by atoms with Crippen LogP contribution in [0, 0.1) is 0 Å². The van der Waals surface area contributed by atoms with Crippen LogP contribution in [0.5, 0.6) is 5.88 Å². The molecule has 0 unspecified atom stereocenters. The summed E-state index contributed by atoms with van der Waals surface area (Å²) in [4.78, 5) is 65.3. The van der Waals surface area contributed by atoms with Crippen LogP contribution in [0.2, 0.25) is 0 Å². The van der Waals surface area contributed by atoms with Crippen LogP contribution in [0.15, 0.2) is 66.7 Å². The van der Waals surface area contributed by atoms with Gasteiger partial charge in [-0.2, -0.15) is 4.98 Å². The lowest BCUT2D eigenvalue weighted by atomic mass is 10.1. The molecule has 1 saturated heterocycles. The molecule has 0 saturated carbocycles. The van der Waals surface area contributed by atoms with Gasteiger partial charge in [0.15, 0.2) is 5.82 Å². The summed E-state index contributed by atoms with van der Waals surface area (Å²) in [5.41, 5.74) is 1.52. The lowest BCUT2D eigenvalue weighted by Gasteiger charge is -2.35. The van der Waals surface area contributed by atoms with E-state index in [-0.39, 0.29) is 69.6 Å². The van der Waals surface area contributed by atoms with Crippen LogP contribution in [0.1, 0.15) is 35.8 Å². The first kappa shape index (κ1) is 30.9. The molecule has 0 radical (unpaired) electrons. The predicted octanol–water partition coefficient (Wildman–Crippen LogP) is 2.92. The van der Waals surface area contributed by atoms with Crippen LogP contribution in [0.3, 0.4) is 0 Å². The Bertz CT molecular complexity index is 1400. The Morgan fingerprint density at radius 1 is 0.953 bits per heavy atom. The van der Waals surface area contributed by atoms with Crippen LogP contribution in [-0.2, 0) is 25.8 Å². The number of benzene rings is 2. The highest BCUT2D eigenvalue weighted by molar-refractivity contribution is 5.96. The van der Waals surface area contributed by atoms with Gasteiger partial charge in [-0.05, 0) is 18.9 Å². The molecular weight excluding hydrogens is 558 g/mol. The monoisotopic (exact) mass is 591 g/mol. The summed E-state index contributed by atoms with van der Waals surface area (Å²) in [6.45, 7) is 2.87. The number of carbonyl (C=O) groups is 4. The van der Waals surface area contributed by atoms with E-state index in [1.807, 2.05) is 48.5 Å². The third-order valence-corrected chi connectivity index (χ3v) is 6.46. The molecule has 2 aromatic carbocycles. The van der Waals surface area contributed by atoms with Gasteiger partial charge in [-0.15, -0.1) is 5.06 Å². The van der Waals surface area contributed by atoms with Crippen LogP contribution in [0.25, 0.3) is 11.4 Å². The van der Waals surface area contributed by atoms with E-state index in [0.29, 0.717) is 5.56 Å². The number of carbonyl (C=O) groups excluding carboxylic acids is 3. The van der Waals surface area contributed by atoms with E-state index in [9.17, 15) is 24.3 Å². The van der Waals surface area contributed by atoms with E-state index in [4.69, 9.17) is 14.3 Å². The highest BCUT2D eigenvalue weighted by atomic mass is 16.8. The van der Waals surface area contributed by atoms with Gasteiger partial charge in [0.1, 0.15) is 18.3 Å². The summed E-state index contributed by atoms with van der Waals surface area (Å²) in [5.74, 6) is -1.83. The van der Waals surface area contributed by atoms with Crippen molar-refractivity contribution in [3.8, 4) is 17.3 Å². The number of aromatic nitrogens is 2. The van der Waals surface area contributed by atoms with E-state index in [1.54, 1.807) is 19.1 Å². The number of nitrogens with zero attached hydrogens (tertiary/aromatic N) is 4. The number of rotatable bonds is 12. The number of piperazine rings is 1. The van der Waals surface area contributed by atoms with E-state index in [2.05, 4.69) is 15.3 Å². The SMILES string of the molecule is CCOC(=O)ON1CCN(C(=O)[C@H](CCC(=O)O)NC(=O)c2cc(OCc3ccccc3)nc(-c3ccccc3)n2)CC1. The van der Waals surface area contributed by atoms with Gasteiger partial charge in [0.2, 0.25) is 11.8 Å². The first-order chi connectivity index (χ1) is 20.8. The van der Waals surface area contributed by atoms with Crippen molar-refractivity contribution in [2.45, 2.75) is 32.4 Å². The van der Waals surface area contributed by atoms with E-state index in [0.717, 1.165) is 5.56 Å². The molecule has 1 atom stereocenters. The smallest absolute Gasteiger partial charge is 0.481 e. The zero-order valence-corrected chi connectivity index (χ0v) is 23.7. The van der Waals surface area contributed by atoms with Crippen molar-refractivity contribution < 1.29 is 38.6 Å². The largest absolute Gasteiger partial charge is 0.527 e. The number of hydroxylamine groups is 2. The Balaban J connectivity index is 1.50. The lowest BCUT2D eigenvalue weighted by Crippen LogP contribution is -2.55. The Morgan fingerprint density at radius 2 is 1.63 bits per heavy atom. The number of amides is 2. The van der Waals surface area contributed by atoms with Crippen molar-refractivity contribution in [2.24, 2.45) is 0 Å². The Morgan fingerprint density at radius 3 is 2.28 bits per heavy atom. The minimum absolute atomic E-state index is 0.0438. The third-order valence-electron chi connectivity index (χ3n) is 6.46. The van der Waals surface area contributed by atoms with Crippen molar-refractivity contribution in [3.05, 3.63) is 78.0 Å². The van der Waals surface area contributed by atoms with Crippen molar-refractivity contribution >= 4 is 23.9 Å². The Labute approximate surface area is 248 Å². The molecule has 2 heterocycles. The van der Waals surface area contributed by atoms with Gasteiger partial charge in [-0.3, -0.25) is 14.4 Å². The number of carboxylic acid groups (broad SMARTS) is 1. The molecule has 226 valence electrons. The summed E-state index contributed by atoms with van der Waals surface area (Å²) in [5, 5.41) is 13.3. The van der Waals surface area contributed by atoms with E-state index >= 15 is 0 Å². The average Bonchev–Trinajstić information content (AvgIpc) is 3.02. The number of hydrogen-bond acceptors (Lipinski definition) is 10. The number of nitrogens with one attached hydrogen (secondary N) is 1. The van der Waals surface area contributed by atoms with Crippen LogP contribution >= 0.6 is 0 Å². The second-order valence-electron chi connectivity index (χ2n) is 9.54. The molecule has 0 bridgehead atoms. The minimum Gasteiger partial charge on any atom is -0.481 e. The highest BCUT2D eigenvalue weighted by Gasteiger charge is 2.31. The van der Waals surface area contributed by atoms with Gasteiger partial charge in [-0.1, -0.05) is 60.7 Å². The first-order valence-electron chi connectivity index (χ1n) is 13.8. The molecule has 13 nitrogen and oxygen atoms in total. The first-order valence-corrected chi connectivity index (χ1v) is 13.8. The highest BCUT2D eigenvalue weighted by Crippen LogP contribution is 2.20. The maximum Gasteiger partial charge on any atom is 0.527 e. The van der Waals surface area contributed by atoms with Gasteiger partial charge in [0.05, 0.1) is 19.7 Å². The molecule has 43 heavy (non-hydrogen) atoms. The fraction of sp³-hybridized carbons (Fsp3) is 0.333. The number of carboxylic acids is 1. The van der Waals surface area contributed by atoms with Crippen molar-refractivity contribution in [1.82, 2.24) is 25.2 Å². The van der Waals surface area contributed by atoms with E-state index in [1.165, 1.54) is 16.0 Å². The number of ether oxygens (including phenoxy) is 2. The normalized spacial score (nSPS) is 13.9. The predicted molar refractivity (Wildman–Crippen MR) is 153 cm³/mol. The maximum atomic E-state index is 13.5. The van der Waals surface area contributed by atoms with E-state index < -0.39 is 30.0 Å². The molecule has 3 aromatic rings. The molecular formula is C30H33N5O8. The molecule has 2 N–H and O–H groups in total. The molecule has 2 amide bonds. The quantitative estimate of drug-likeness (QED) is 0.298. The summed E-state index contributed by atoms with van der Waals surface area (Å²) in [7, 11) is 0. The van der Waals surface area contributed by atoms with Gasteiger partial charge < -0.3 is 29.6 Å². The number of hydrogen-bond donors (Lipinski definition) is 2. The van der Waals surface area contributed by atoms with Crippen LogP contribution in [-0.4, -0.2) is 87.8 Å². The van der Waals surface area contributed by atoms with Gasteiger partial charge in [-0.25, -0.2) is 9.78 Å². The fourth-order valence-electron chi connectivity index (χ4n) is 4.29. The Kier molecular flexibility index (Phi) is 11.0. The molecule has 13 heteroatoms.